The zero-order valence-electron chi connectivity index (χ0n) is 11.1. The van der Waals surface area contributed by atoms with E-state index in [1.54, 1.807) is 0 Å². The van der Waals surface area contributed by atoms with Crippen LogP contribution in [0, 0.1) is 5.92 Å². The van der Waals surface area contributed by atoms with Gasteiger partial charge in [-0.15, -0.1) is 0 Å². The topological polar surface area (TPSA) is 0 Å². The Kier molecular flexibility index (Phi) is 2.74. The first-order valence-corrected chi connectivity index (χ1v) is 7.32. The molecule has 0 aliphatic carbocycles. The second-order valence-corrected chi connectivity index (χ2v) is 6.54. The van der Waals surface area contributed by atoms with Crippen LogP contribution < -0.4 is 0 Å². The van der Waals surface area contributed by atoms with E-state index < -0.39 is 0 Å². The van der Waals surface area contributed by atoms with Crippen molar-refractivity contribution in [3.63, 3.8) is 0 Å². The molecule has 1 aliphatic rings. The van der Waals surface area contributed by atoms with Crippen molar-refractivity contribution in [2.75, 3.05) is 0 Å². The Morgan fingerprint density at radius 3 is 1.72 bits per heavy atom. The second-order valence-electron chi connectivity index (χ2n) is 5.45. The number of fused-ring (bicyclic) bond motifs is 2. The van der Waals surface area contributed by atoms with Gasteiger partial charge in [0.1, 0.15) is 0 Å². The third-order valence-corrected chi connectivity index (χ3v) is 5.42. The largest absolute Gasteiger partial charge is 0.0895 e. The summed E-state index contributed by atoms with van der Waals surface area (Å²) < 4.78 is 0. The van der Waals surface area contributed by atoms with E-state index in [2.05, 4.69) is 69.3 Å². The summed E-state index contributed by atoms with van der Waals surface area (Å²) in [4.78, 5) is 2.82. The fraction of sp³-hybridized carbons (Fsp3) is 0.294. The van der Waals surface area contributed by atoms with Gasteiger partial charge in [-0.2, -0.15) is 0 Å². The molecule has 0 N–H and O–H groups in total. The fourth-order valence-electron chi connectivity index (χ4n) is 2.85. The lowest BCUT2D eigenvalue weighted by molar-refractivity contribution is 0.390. The summed E-state index contributed by atoms with van der Waals surface area (Å²) in [6, 6.07) is 17.7. The smallest absolute Gasteiger partial charge is 0.0220 e. The number of benzene rings is 2. The van der Waals surface area contributed by atoms with E-state index in [9.17, 15) is 0 Å². The molecule has 0 unspecified atom stereocenters. The van der Waals surface area contributed by atoms with Gasteiger partial charge in [0.05, 0.1) is 0 Å². The number of hydrogen-bond donors (Lipinski definition) is 0. The van der Waals surface area contributed by atoms with Gasteiger partial charge in [0.25, 0.3) is 0 Å². The van der Waals surface area contributed by atoms with Crippen molar-refractivity contribution in [3.05, 3.63) is 59.7 Å². The lowest BCUT2D eigenvalue weighted by atomic mass is 9.68. The minimum absolute atomic E-state index is 0.123. The van der Waals surface area contributed by atoms with E-state index in [1.807, 2.05) is 11.8 Å². The van der Waals surface area contributed by atoms with Crippen LogP contribution in [0.4, 0.5) is 0 Å². The Morgan fingerprint density at radius 2 is 1.28 bits per heavy atom. The van der Waals surface area contributed by atoms with E-state index in [0.29, 0.717) is 5.92 Å². The molecule has 0 amide bonds. The molecule has 0 saturated heterocycles. The Morgan fingerprint density at radius 1 is 0.833 bits per heavy atom. The lowest BCUT2D eigenvalue weighted by Crippen LogP contribution is -2.33. The molecule has 0 aromatic heterocycles. The van der Waals surface area contributed by atoms with Gasteiger partial charge >= 0.3 is 0 Å². The maximum atomic E-state index is 2.38. The molecule has 0 saturated carbocycles. The predicted octanol–water partition coefficient (Wildman–Crippen LogP) is 5.11. The van der Waals surface area contributed by atoms with Crippen LogP contribution in [0.15, 0.2) is 58.3 Å². The van der Waals surface area contributed by atoms with Gasteiger partial charge in [-0.25, -0.2) is 0 Å². The molecular weight excluding hydrogens is 236 g/mol. The van der Waals surface area contributed by atoms with E-state index in [4.69, 9.17) is 0 Å². The van der Waals surface area contributed by atoms with Crippen LogP contribution in [0.1, 0.15) is 31.9 Å². The van der Waals surface area contributed by atoms with Gasteiger partial charge in [0.15, 0.2) is 0 Å². The van der Waals surface area contributed by atoms with Crippen LogP contribution in [-0.4, -0.2) is 0 Å². The van der Waals surface area contributed by atoms with E-state index in [1.165, 1.54) is 20.9 Å². The van der Waals surface area contributed by atoms with Crippen molar-refractivity contribution in [1.29, 1.82) is 0 Å². The minimum atomic E-state index is 0.123. The van der Waals surface area contributed by atoms with E-state index in [-0.39, 0.29) is 5.41 Å². The van der Waals surface area contributed by atoms with Gasteiger partial charge in [0.2, 0.25) is 0 Å². The first kappa shape index (κ1) is 11.9. The first-order chi connectivity index (χ1) is 8.64. The zero-order chi connectivity index (χ0) is 12.8. The van der Waals surface area contributed by atoms with Crippen LogP contribution in [0.3, 0.4) is 0 Å². The molecular formula is C17H18S. The number of rotatable bonds is 1. The summed E-state index contributed by atoms with van der Waals surface area (Å²) >= 11 is 1.90. The Balaban J connectivity index is 2.31. The summed E-state index contributed by atoms with van der Waals surface area (Å²) in [5, 5.41) is 0. The molecule has 2 aromatic rings. The quantitative estimate of drug-likeness (QED) is 0.681. The van der Waals surface area contributed by atoms with Crippen LogP contribution in [0.2, 0.25) is 0 Å². The third kappa shape index (κ3) is 1.54. The fourth-order valence-corrected chi connectivity index (χ4v) is 4.17. The van der Waals surface area contributed by atoms with Crippen LogP contribution in [-0.2, 0) is 5.41 Å². The highest BCUT2D eigenvalue weighted by molar-refractivity contribution is 7.99. The monoisotopic (exact) mass is 254 g/mol. The van der Waals surface area contributed by atoms with Crippen LogP contribution in [0.25, 0.3) is 0 Å². The van der Waals surface area contributed by atoms with Gasteiger partial charge in [-0.1, -0.05) is 68.9 Å². The SMILES string of the molecule is CC(C)C1(C)c2ccccc2Sc2ccccc21. The van der Waals surface area contributed by atoms with E-state index in [0.717, 1.165) is 0 Å². The van der Waals surface area contributed by atoms with Crippen molar-refractivity contribution in [3.8, 4) is 0 Å². The average molecular weight is 254 g/mol. The molecule has 0 nitrogen and oxygen atoms in total. The highest BCUT2D eigenvalue weighted by Gasteiger charge is 2.39. The standard InChI is InChI=1S/C17H18S/c1-12(2)17(3)13-8-4-6-10-15(13)18-16-11-7-5-9-14(16)17/h4-12H,1-3H3. The van der Waals surface area contributed by atoms with Crippen LogP contribution in [0.5, 0.6) is 0 Å². The molecule has 3 rings (SSSR count). The van der Waals surface area contributed by atoms with Crippen molar-refractivity contribution in [2.45, 2.75) is 36.0 Å². The van der Waals surface area contributed by atoms with Gasteiger partial charge in [-0.3, -0.25) is 0 Å². The van der Waals surface area contributed by atoms with E-state index >= 15 is 0 Å². The van der Waals surface area contributed by atoms with Crippen molar-refractivity contribution in [1.82, 2.24) is 0 Å². The van der Waals surface area contributed by atoms with Crippen molar-refractivity contribution in [2.24, 2.45) is 5.92 Å². The third-order valence-electron chi connectivity index (χ3n) is 4.27. The first-order valence-electron chi connectivity index (χ1n) is 6.51. The maximum Gasteiger partial charge on any atom is 0.0220 e. The van der Waals surface area contributed by atoms with Crippen molar-refractivity contribution < 1.29 is 0 Å². The molecule has 1 heterocycles. The zero-order valence-corrected chi connectivity index (χ0v) is 11.9. The summed E-state index contributed by atoms with van der Waals surface area (Å²) in [6.45, 7) is 7.03. The minimum Gasteiger partial charge on any atom is -0.0895 e. The van der Waals surface area contributed by atoms with Gasteiger partial charge in [-0.05, 0) is 29.2 Å². The highest BCUT2D eigenvalue weighted by atomic mass is 32.2. The Hall–Kier alpha value is -1.21. The Bertz CT molecular complexity index is 538. The molecule has 1 aliphatic heterocycles. The number of hydrogen-bond acceptors (Lipinski definition) is 1. The molecule has 1 heteroatoms. The molecule has 2 aromatic carbocycles. The second kappa shape index (κ2) is 4.17. The molecule has 0 fully saturated rings. The van der Waals surface area contributed by atoms with Crippen LogP contribution >= 0.6 is 11.8 Å². The normalized spacial score (nSPS) is 16.2. The summed E-state index contributed by atoms with van der Waals surface area (Å²) in [7, 11) is 0. The van der Waals surface area contributed by atoms with Gasteiger partial charge < -0.3 is 0 Å². The summed E-state index contributed by atoms with van der Waals surface area (Å²) in [5.74, 6) is 0.584. The molecule has 92 valence electrons. The molecule has 0 radical (unpaired) electrons. The van der Waals surface area contributed by atoms with Gasteiger partial charge in [0, 0.05) is 15.2 Å². The van der Waals surface area contributed by atoms with Crippen molar-refractivity contribution >= 4 is 11.8 Å². The molecule has 0 spiro atoms. The molecule has 0 atom stereocenters. The average Bonchev–Trinajstić information content (AvgIpc) is 2.39. The highest BCUT2D eigenvalue weighted by Crippen LogP contribution is 2.51. The predicted molar refractivity (Wildman–Crippen MR) is 78.3 cm³/mol. The lowest BCUT2D eigenvalue weighted by Gasteiger charge is -2.40. The summed E-state index contributed by atoms with van der Waals surface area (Å²) in [5.41, 5.74) is 3.07. The maximum absolute atomic E-state index is 2.38. The Labute approximate surface area is 113 Å². The molecule has 0 bridgehead atoms. The molecule has 18 heavy (non-hydrogen) atoms. The summed E-state index contributed by atoms with van der Waals surface area (Å²) in [6.07, 6.45) is 0.